The van der Waals surface area contributed by atoms with Gasteiger partial charge < -0.3 is 4.90 Å². The van der Waals surface area contributed by atoms with Crippen LogP contribution in [-0.4, -0.2) is 46.3 Å². The van der Waals surface area contributed by atoms with Gasteiger partial charge in [0.1, 0.15) is 11.6 Å². The van der Waals surface area contributed by atoms with Crippen molar-refractivity contribution in [3.05, 3.63) is 71.1 Å². The van der Waals surface area contributed by atoms with Gasteiger partial charge >= 0.3 is 0 Å². The first-order valence-electron chi connectivity index (χ1n) is 10.9. The molecule has 1 fully saturated rings. The molecule has 7 heteroatoms. The van der Waals surface area contributed by atoms with Crippen LogP contribution in [0.25, 0.3) is 5.69 Å². The summed E-state index contributed by atoms with van der Waals surface area (Å²) in [5, 5.41) is 3.28. The summed E-state index contributed by atoms with van der Waals surface area (Å²) in [6, 6.07) is 15.4. The quantitative estimate of drug-likeness (QED) is 0.556. The van der Waals surface area contributed by atoms with Gasteiger partial charge in [-0.2, -0.15) is 0 Å². The largest absolute Gasteiger partial charge is 0.303 e. The number of nitrogens with one attached hydrogen (secondary N) is 1. The highest BCUT2D eigenvalue weighted by molar-refractivity contribution is 6.30. The number of rotatable bonds is 7. The lowest BCUT2D eigenvalue weighted by atomic mass is 10.0. The molecule has 1 aliphatic heterocycles. The molecule has 0 aliphatic carbocycles. The molecule has 0 saturated carbocycles. The van der Waals surface area contributed by atoms with Gasteiger partial charge in [0.25, 0.3) is 0 Å². The minimum absolute atomic E-state index is 0.0929. The molecule has 0 radical (unpaired) electrons. The molecule has 0 atom stereocenters. The van der Waals surface area contributed by atoms with E-state index < -0.39 is 5.82 Å². The molecule has 164 valence electrons. The molecule has 0 spiro atoms. The maximum atomic E-state index is 13.8. The molecule has 1 aliphatic rings. The summed E-state index contributed by atoms with van der Waals surface area (Å²) in [4.78, 5) is 17.1. The molecule has 3 aromatic rings. The summed E-state index contributed by atoms with van der Waals surface area (Å²) in [5.74, 6) is 0.403. The molecular formula is C24H28ClFN4O. The van der Waals surface area contributed by atoms with Gasteiger partial charge in [-0.3, -0.25) is 19.5 Å². The molecule has 0 bridgehead atoms. The summed E-state index contributed by atoms with van der Waals surface area (Å²) in [6.45, 7) is 4.87. The minimum atomic E-state index is -0.466. The van der Waals surface area contributed by atoms with Crippen LogP contribution in [0.5, 0.6) is 0 Å². The van der Waals surface area contributed by atoms with Gasteiger partial charge in [-0.25, -0.2) is 4.39 Å². The van der Waals surface area contributed by atoms with E-state index in [9.17, 15) is 9.18 Å². The van der Waals surface area contributed by atoms with Crippen LogP contribution in [0, 0.1) is 5.82 Å². The van der Waals surface area contributed by atoms with E-state index in [1.807, 2.05) is 24.1 Å². The van der Waals surface area contributed by atoms with Crippen LogP contribution in [0.1, 0.15) is 31.7 Å². The number of hydrogen-bond acceptors (Lipinski definition) is 2. The van der Waals surface area contributed by atoms with E-state index in [0.717, 1.165) is 44.7 Å². The Kier molecular flexibility index (Phi) is 6.78. The summed E-state index contributed by atoms with van der Waals surface area (Å²) < 4.78 is 15.5. The number of carbonyl (C=O) groups is 1. The van der Waals surface area contributed by atoms with Crippen molar-refractivity contribution in [2.24, 2.45) is 0 Å². The highest BCUT2D eigenvalue weighted by atomic mass is 35.5. The second kappa shape index (κ2) is 9.71. The van der Waals surface area contributed by atoms with Crippen molar-refractivity contribution in [1.29, 1.82) is 0 Å². The third kappa shape index (κ3) is 5.02. The lowest BCUT2D eigenvalue weighted by molar-refractivity contribution is -0.119. The number of aromatic amines is 1. The third-order valence-corrected chi connectivity index (χ3v) is 6.29. The van der Waals surface area contributed by atoms with Crippen molar-refractivity contribution in [1.82, 2.24) is 14.7 Å². The Hall–Kier alpha value is -2.57. The van der Waals surface area contributed by atoms with Gasteiger partial charge in [-0.05, 0) is 37.0 Å². The van der Waals surface area contributed by atoms with Gasteiger partial charge in [0, 0.05) is 38.2 Å². The average molecular weight is 443 g/mol. The monoisotopic (exact) mass is 442 g/mol. The molecule has 1 amide bonds. The van der Waals surface area contributed by atoms with Crippen LogP contribution in [0.2, 0.25) is 5.02 Å². The Bertz CT molecular complexity index is 996. The molecule has 1 N–H and O–H groups in total. The molecule has 4 rings (SSSR count). The number of H-pyrrole nitrogens is 1. The van der Waals surface area contributed by atoms with Gasteiger partial charge in [-0.1, -0.05) is 48.9 Å². The summed E-state index contributed by atoms with van der Waals surface area (Å²) in [7, 11) is 0. The Morgan fingerprint density at radius 1 is 1.19 bits per heavy atom. The Labute approximate surface area is 187 Å². The fourth-order valence-electron chi connectivity index (χ4n) is 4.17. The normalized spacial score (nSPS) is 15.3. The van der Waals surface area contributed by atoms with Crippen molar-refractivity contribution < 1.29 is 9.18 Å². The number of halogens is 2. The molecule has 1 saturated heterocycles. The molecular weight excluding hydrogens is 415 g/mol. The number of benzene rings is 2. The predicted octanol–water partition coefficient (Wildman–Crippen LogP) is 5.05. The predicted molar refractivity (Wildman–Crippen MR) is 122 cm³/mol. The van der Waals surface area contributed by atoms with E-state index >= 15 is 0 Å². The number of nitrogens with zero attached hydrogens (tertiary/aromatic N) is 3. The fourth-order valence-corrected chi connectivity index (χ4v) is 4.29. The van der Waals surface area contributed by atoms with Crippen molar-refractivity contribution >= 4 is 23.3 Å². The van der Waals surface area contributed by atoms with Crippen LogP contribution >= 0.6 is 11.6 Å². The van der Waals surface area contributed by atoms with Gasteiger partial charge in [0.2, 0.25) is 5.91 Å². The molecule has 2 heterocycles. The molecule has 2 aromatic carbocycles. The van der Waals surface area contributed by atoms with Gasteiger partial charge in [0.05, 0.1) is 16.9 Å². The van der Waals surface area contributed by atoms with E-state index in [0.29, 0.717) is 12.1 Å². The van der Waals surface area contributed by atoms with Crippen LogP contribution in [0.3, 0.4) is 0 Å². The number of likely N-dealkylation sites (tertiary alicyclic amines) is 1. The second-order valence-corrected chi connectivity index (χ2v) is 8.43. The number of aromatic nitrogens is 2. The minimum Gasteiger partial charge on any atom is -0.303 e. The zero-order valence-corrected chi connectivity index (χ0v) is 18.5. The van der Waals surface area contributed by atoms with Crippen LogP contribution < -0.4 is 4.90 Å². The first kappa shape index (κ1) is 21.7. The number of piperidine rings is 1. The van der Waals surface area contributed by atoms with Crippen LogP contribution in [0.15, 0.2) is 54.7 Å². The first-order chi connectivity index (χ1) is 15.0. The lowest BCUT2D eigenvalue weighted by Gasteiger charge is -2.39. The van der Waals surface area contributed by atoms with Crippen molar-refractivity contribution in [2.75, 3.05) is 24.5 Å². The van der Waals surface area contributed by atoms with Crippen molar-refractivity contribution in [3.8, 4) is 5.69 Å². The maximum absolute atomic E-state index is 13.8. The average Bonchev–Trinajstić information content (AvgIpc) is 2.77. The number of anilines is 1. The Morgan fingerprint density at radius 2 is 1.90 bits per heavy atom. The smallest absolute Gasteiger partial charge is 0.228 e. The summed E-state index contributed by atoms with van der Waals surface area (Å²) in [5.41, 5.74) is 2.00. The summed E-state index contributed by atoms with van der Waals surface area (Å²) in [6.07, 6.45) is 5.22. The number of amides is 1. The van der Waals surface area contributed by atoms with Gasteiger partial charge in [0.15, 0.2) is 0 Å². The van der Waals surface area contributed by atoms with Gasteiger partial charge in [-0.15, -0.1) is 0 Å². The highest BCUT2D eigenvalue weighted by Crippen LogP contribution is 2.27. The standard InChI is InChI=1S/C24H28ClFN4O/c1-2-24(31)30(23-17-29(27-23)20-8-9-21(25)22(26)16-20)19-11-14-28(15-12-19)13-10-18-6-4-3-5-7-18/h3-9,16-17,19,27H,2,10-15H2,1H3. The van der Waals surface area contributed by atoms with E-state index in [2.05, 4.69) is 34.3 Å². The molecule has 31 heavy (non-hydrogen) atoms. The van der Waals surface area contributed by atoms with E-state index in [1.165, 1.54) is 17.7 Å². The van der Waals surface area contributed by atoms with Crippen LogP contribution in [0.4, 0.5) is 10.2 Å². The number of carbonyl (C=O) groups excluding carboxylic acids is 1. The maximum Gasteiger partial charge on any atom is 0.228 e. The van der Waals surface area contributed by atoms with Crippen molar-refractivity contribution in [3.63, 3.8) is 0 Å². The van der Waals surface area contributed by atoms with E-state index in [1.54, 1.807) is 10.7 Å². The molecule has 1 aromatic heterocycles. The second-order valence-electron chi connectivity index (χ2n) is 8.02. The highest BCUT2D eigenvalue weighted by Gasteiger charge is 2.30. The first-order valence-corrected chi connectivity index (χ1v) is 11.2. The Balaban J connectivity index is 1.38. The van der Waals surface area contributed by atoms with E-state index in [-0.39, 0.29) is 17.0 Å². The van der Waals surface area contributed by atoms with Crippen LogP contribution in [-0.2, 0) is 11.2 Å². The summed E-state index contributed by atoms with van der Waals surface area (Å²) >= 11 is 5.77. The zero-order chi connectivity index (χ0) is 21.8. The number of hydrogen-bond donors (Lipinski definition) is 1. The Morgan fingerprint density at radius 3 is 2.55 bits per heavy atom. The fraction of sp³-hybridized carbons (Fsp3) is 0.375. The zero-order valence-electron chi connectivity index (χ0n) is 17.7. The molecule has 0 unspecified atom stereocenters. The lowest BCUT2D eigenvalue weighted by Crippen LogP contribution is -2.49. The topological polar surface area (TPSA) is 44.3 Å². The molecule has 5 nitrogen and oxygen atoms in total. The van der Waals surface area contributed by atoms with Crippen molar-refractivity contribution in [2.45, 2.75) is 38.6 Å². The third-order valence-electron chi connectivity index (χ3n) is 5.98. The van der Waals surface area contributed by atoms with E-state index in [4.69, 9.17) is 11.6 Å². The SMILES string of the molecule is CCC(=O)N(c1cn(-c2ccc(Cl)c(F)c2)[nH]1)C1CCN(CCc2ccccc2)CC1.